The van der Waals surface area contributed by atoms with Gasteiger partial charge in [0.15, 0.2) is 0 Å². The Balaban J connectivity index is 1.85. The molecular formula is C13H19N5OS. The maximum absolute atomic E-state index is 9.05. The maximum atomic E-state index is 9.05. The lowest BCUT2D eigenvalue weighted by Gasteiger charge is -2.23. The van der Waals surface area contributed by atoms with Gasteiger partial charge in [0, 0.05) is 26.2 Å². The van der Waals surface area contributed by atoms with Gasteiger partial charge in [-0.15, -0.1) is 11.3 Å². The first-order chi connectivity index (χ1) is 9.78. The molecule has 3 N–H and O–H groups in total. The first-order valence-electron chi connectivity index (χ1n) is 6.87. The standard InChI is InChI=1S/C13H19N5OS/c14-13-15-11(10-2-9-20-12(10)16-13)18-4-1-3-17(5-6-18)7-8-19/h2,9,19H,1,3-8H2,(H2,14,15,16). The van der Waals surface area contributed by atoms with Crippen molar-refractivity contribution in [3.8, 4) is 0 Å². The van der Waals surface area contributed by atoms with Crippen LogP contribution in [0, 0.1) is 0 Å². The summed E-state index contributed by atoms with van der Waals surface area (Å²) in [4.78, 5) is 14.2. The van der Waals surface area contributed by atoms with E-state index in [0.717, 1.165) is 55.2 Å². The van der Waals surface area contributed by atoms with Crippen LogP contribution >= 0.6 is 11.3 Å². The van der Waals surface area contributed by atoms with E-state index >= 15 is 0 Å². The second-order valence-electron chi connectivity index (χ2n) is 4.95. The molecule has 1 aliphatic rings. The maximum Gasteiger partial charge on any atom is 0.223 e. The summed E-state index contributed by atoms with van der Waals surface area (Å²) in [5, 5.41) is 12.2. The number of aliphatic hydroxyl groups is 1. The Morgan fingerprint density at radius 2 is 2.15 bits per heavy atom. The average Bonchev–Trinajstić information content (AvgIpc) is 2.77. The fourth-order valence-corrected chi connectivity index (χ4v) is 3.41. The largest absolute Gasteiger partial charge is 0.395 e. The number of fused-ring (bicyclic) bond motifs is 1. The first kappa shape index (κ1) is 13.5. The minimum absolute atomic E-state index is 0.217. The van der Waals surface area contributed by atoms with E-state index in [-0.39, 0.29) is 6.61 Å². The number of nitrogens with zero attached hydrogens (tertiary/aromatic N) is 4. The molecule has 3 heterocycles. The molecule has 20 heavy (non-hydrogen) atoms. The highest BCUT2D eigenvalue weighted by molar-refractivity contribution is 7.16. The van der Waals surface area contributed by atoms with E-state index in [0.29, 0.717) is 5.95 Å². The van der Waals surface area contributed by atoms with Gasteiger partial charge in [-0.3, -0.25) is 4.90 Å². The smallest absolute Gasteiger partial charge is 0.223 e. The Morgan fingerprint density at radius 1 is 1.25 bits per heavy atom. The van der Waals surface area contributed by atoms with Gasteiger partial charge < -0.3 is 15.7 Å². The minimum Gasteiger partial charge on any atom is -0.395 e. The highest BCUT2D eigenvalue weighted by Crippen LogP contribution is 2.29. The van der Waals surface area contributed by atoms with Gasteiger partial charge in [0.25, 0.3) is 0 Å². The number of hydrogen-bond acceptors (Lipinski definition) is 7. The third-order valence-electron chi connectivity index (χ3n) is 3.63. The van der Waals surface area contributed by atoms with Crippen molar-refractivity contribution in [2.75, 3.05) is 50.0 Å². The first-order valence-corrected chi connectivity index (χ1v) is 7.75. The molecule has 1 aliphatic heterocycles. The fourth-order valence-electron chi connectivity index (χ4n) is 2.64. The quantitative estimate of drug-likeness (QED) is 0.870. The van der Waals surface area contributed by atoms with Crippen molar-refractivity contribution in [1.82, 2.24) is 14.9 Å². The summed E-state index contributed by atoms with van der Waals surface area (Å²) in [5.74, 6) is 1.28. The summed E-state index contributed by atoms with van der Waals surface area (Å²) in [6.45, 7) is 4.79. The van der Waals surface area contributed by atoms with Gasteiger partial charge in [-0.05, 0) is 24.4 Å². The van der Waals surface area contributed by atoms with E-state index in [1.54, 1.807) is 11.3 Å². The number of aliphatic hydroxyl groups excluding tert-OH is 1. The van der Waals surface area contributed by atoms with Crippen LogP contribution in [0.25, 0.3) is 10.2 Å². The van der Waals surface area contributed by atoms with Crippen molar-refractivity contribution in [3.05, 3.63) is 11.4 Å². The van der Waals surface area contributed by atoms with Gasteiger partial charge in [0.2, 0.25) is 5.95 Å². The van der Waals surface area contributed by atoms with Gasteiger partial charge in [-0.25, -0.2) is 4.98 Å². The molecule has 1 fully saturated rings. The molecule has 0 saturated carbocycles. The second kappa shape index (κ2) is 5.90. The van der Waals surface area contributed by atoms with Crippen molar-refractivity contribution in [3.63, 3.8) is 0 Å². The van der Waals surface area contributed by atoms with Crippen LogP contribution in [0.4, 0.5) is 11.8 Å². The van der Waals surface area contributed by atoms with E-state index in [1.165, 1.54) is 0 Å². The fraction of sp³-hybridized carbons (Fsp3) is 0.538. The molecule has 0 radical (unpaired) electrons. The molecule has 1 saturated heterocycles. The molecule has 0 aliphatic carbocycles. The number of nitrogens with two attached hydrogens (primary N) is 1. The summed E-state index contributed by atoms with van der Waals surface area (Å²) < 4.78 is 0. The van der Waals surface area contributed by atoms with Gasteiger partial charge in [0.1, 0.15) is 10.6 Å². The van der Waals surface area contributed by atoms with E-state index in [9.17, 15) is 0 Å². The summed E-state index contributed by atoms with van der Waals surface area (Å²) >= 11 is 1.59. The summed E-state index contributed by atoms with van der Waals surface area (Å²) in [6.07, 6.45) is 1.07. The Hall–Kier alpha value is -1.44. The van der Waals surface area contributed by atoms with Gasteiger partial charge >= 0.3 is 0 Å². The van der Waals surface area contributed by atoms with E-state index < -0.39 is 0 Å². The average molecular weight is 293 g/mol. The molecule has 0 aromatic carbocycles. The Labute approximate surface area is 121 Å². The van der Waals surface area contributed by atoms with Gasteiger partial charge in [0.05, 0.1) is 12.0 Å². The number of hydrogen-bond donors (Lipinski definition) is 2. The monoisotopic (exact) mass is 293 g/mol. The van der Waals surface area contributed by atoms with Gasteiger partial charge in [-0.1, -0.05) is 0 Å². The molecule has 7 heteroatoms. The molecule has 3 rings (SSSR count). The molecule has 6 nitrogen and oxygen atoms in total. The zero-order valence-electron chi connectivity index (χ0n) is 11.3. The van der Waals surface area contributed by atoms with E-state index in [2.05, 4.69) is 25.8 Å². The zero-order valence-corrected chi connectivity index (χ0v) is 12.1. The van der Waals surface area contributed by atoms with Crippen LogP contribution < -0.4 is 10.6 Å². The van der Waals surface area contributed by atoms with E-state index in [4.69, 9.17) is 10.8 Å². The molecular weight excluding hydrogens is 274 g/mol. The van der Waals surface area contributed by atoms with Crippen LogP contribution in [-0.2, 0) is 0 Å². The lowest BCUT2D eigenvalue weighted by molar-refractivity contribution is 0.204. The number of β-amino-alcohol motifs (C(OH)–C–C–N with tert-alkyl or cyclic N) is 1. The summed E-state index contributed by atoms with van der Waals surface area (Å²) in [6, 6.07) is 2.06. The van der Waals surface area contributed by atoms with Crippen LogP contribution in [0.1, 0.15) is 6.42 Å². The zero-order chi connectivity index (χ0) is 13.9. The highest BCUT2D eigenvalue weighted by Gasteiger charge is 2.18. The third kappa shape index (κ3) is 2.70. The van der Waals surface area contributed by atoms with Crippen molar-refractivity contribution >= 4 is 33.3 Å². The molecule has 2 aromatic heterocycles. The predicted molar refractivity (Wildman–Crippen MR) is 82.2 cm³/mol. The number of anilines is 2. The second-order valence-corrected chi connectivity index (χ2v) is 5.85. The van der Waals surface area contributed by atoms with Crippen LogP contribution in [0.15, 0.2) is 11.4 Å². The normalized spacial score (nSPS) is 17.6. The Morgan fingerprint density at radius 3 is 3.00 bits per heavy atom. The van der Waals surface area contributed by atoms with Crippen molar-refractivity contribution in [2.24, 2.45) is 0 Å². The predicted octanol–water partition coefficient (Wildman–Crippen LogP) is 0.778. The third-order valence-corrected chi connectivity index (χ3v) is 4.43. The highest BCUT2D eigenvalue weighted by atomic mass is 32.1. The van der Waals surface area contributed by atoms with Crippen LogP contribution in [0.2, 0.25) is 0 Å². The van der Waals surface area contributed by atoms with Crippen molar-refractivity contribution in [1.29, 1.82) is 0 Å². The molecule has 0 bridgehead atoms. The lowest BCUT2D eigenvalue weighted by atomic mass is 10.3. The minimum atomic E-state index is 0.217. The van der Waals surface area contributed by atoms with Crippen LogP contribution in [0.5, 0.6) is 0 Å². The molecule has 0 atom stereocenters. The summed E-state index contributed by atoms with van der Waals surface area (Å²) in [7, 11) is 0. The van der Waals surface area contributed by atoms with Gasteiger partial charge in [-0.2, -0.15) is 4.98 Å². The molecule has 108 valence electrons. The topological polar surface area (TPSA) is 78.5 Å². The van der Waals surface area contributed by atoms with Crippen LogP contribution in [-0.4, -0.2) is 59.3 Å². The number of rotatable bonds is 3. The number of nitrogen functional groups attached to an aromatic ring is 1. The van der Waals surface area contributed by atoms with Crippen molar-refractivity contribution in [2.45, 2.75) is 6.42 Å². The number of aromatic nitrogens is 2. The van der Waals surface area contributed by atoms with Crippen molar-refractivity contribution < 1.29 is 5.11 Å². The SMILES string of the molecule is Nc1nc(N2CCCN(CCO)CC2)c2ccsc2n1. The molecule has 0 unspecified atom stereocenters. The molecule has 0 amide bonds. The Kier molecular flexibility index (Phi) is 4.00. The number of thiophene rings is 1. The molecule has 2 aromatic rings. The van der Waals surface area contributed by atoms with E-state index in [1.807, 2.05) is 5.38 Å². The lowest BCUT2D eigenvalue weighted by Crippen LogP contribution is -2.32. The Bertz CT molecular complexity index is 587. The summed E-state index contributed by atoms with van der Waals surface area (Å²) in [5.41, 5.74) is 5.82. The molecule has 0 spiro atoms. The van der Waals surface area contributed by atoms with Crippen LogP contribution in [0.3, 0.4) is 0 Å².